The van der Waals surface area contributed by atoms with Crippen LogP contribution in [0.2, 0.25) is 0 Å². The highest BCUT2D eigenvalue weighted by Gasteiger charge is 2.39. The lowest BCUT2D eigenvalue weighted by atomic mass is 9.78. The van der Waals surface area contributed by atoms with Crippen molar-refractivity contribution in [3.8, 4) is 5.75 Å². The van der Waals surface area contributed by atoms with Gasteiger partial charge in [-0.15, -0.1) is 13.2 Å². The molecule has 0 aromatic heterocycles. The Morgan fingerprint density at radius 3 is 2.11 bits per heavy atom. The Morgan fingerprint density at radius 1 is 0.929 bits per heavy atom. The van der Waals surface area contributed by atoms with Gasteiger partial charge in [-0.2, -0.15) is 0 Å². The molecule has 0 bridgehead atoms. The molecule has 7 heteroatoms. The Hall–Kier alpha value is -1.47. The summed E-state index contributed by atoms with van der Waals surface area (Å²) in [6.07, 6.45) is 3.17. The standard InChI is InChI=1S/C15H19F3N2O.C6H13N/c16-15(17,18)21-13-3-1-12(2-4-13)20-10-7-14(11-20)5-8-19-9-6-14;1-7-5-3-2-4-6-7/h1-4,19H,5-11H2;2-6H2,1H3. The molecule has 3 fully saturated rings. The number of benzene rings is 1. The van der Waals surface area contributed by atoms with Crippen LogP contribution in [0.1, 0.15) is 38.5 Å². The van der Waals surface area contributed by atoms with Crippen molar-refractivity contribution in [3.05, 3.63) is 24.3 Å². The van der Waals surface area contributed by atoms with E-state index in [2.05, 4.69) is 26.9 Å². The zero-order valence-electron chi connectivity index (χ0n) is 16.7. The van der Waals surface area contributed by atoms with Gasteiger partial charge in [0.1, 0.15) is 5.75 Å². The quantitative estimate of drug-likeness (QED) is 0.804. The third-order valence-electron chi connectivity index (χ3n) is 6.12. The van der Waals surface area contributed by atoms with Crippen LogP contribution in [-0.2, 0) is 0 Å². The highest BCUT2D eigenvalue weighted by molar-refractivity contribution is 5.50. The Balaban J connectivity index is 0.000000271. The van der Waals surface area contributed by atoms with Crippen LogP contribution in [-0.4, -0.2) is 57.6 Å². The first-order valence-electron chi connectivity index (χ1n) is 10.4. The Labute approximate surface area is 166 Å². The minimum absolute atomic E-state index is 0.165. The van der Waals surface area contributed by atoms with E-state index >= 15 is 0 Å². The van der Waals surface area contributed by atoms with Crippen LogP contribution in [0.5, 0.6) is 5.75 Å². The fourth-order valence-corrected chi connectivity index (χ4v) is 4.43. The maximum atomic E-state index is 12.1. The largest absolute Gasteiger partial charge is 0.573 e. The lowest BCUT2D eigenvalue weighted by Gasteiger charge is -2.34. The van der Waals surface area contributed by atoms with Gasteiger partial charge >= 0.3 is 6.36 Å². The number of ether oxygens (including phenoxy) is 1. The second-order valence-electron chi connectivity index (χ2n) is 8.33. The molecule has 3 aliphatic rings. The molecule has 0 amide bonds. The summed E-state index contributed by atoms with van der Waals surface area (Å²) in [6, 6.07) is 6.19. The van der Waals surface area contributed by atoms with E-state index in [4.69, 9.17) is 0 Å². The van der Waals surface area contributed by atoms with Crippen molar-refractivity contribution in [3.63, 3.8) is 0 Å². The third kappa shape index (κ3) is 6.27. The second-order valence-corrected chi connectivity index (χ2v) is 8.33. The number of alkyl halides is 3. The van der Waals surface area contributed by atoms with Crippen molar-refractivity contribution in [1.82, 2.24) is 10.2 Å². The minimum atomic E-state index is -4.63. The number of halogens is 3. The fourth-order valence-electron chi connectivity index (χ4n) is 4.43. The zero-order chi connectivity index (χ0) is 20.0. The van der Waals surface area contributed by atoms with E-state index in [1.165, 1.54) is 57.3 Å². The highest BCUT2D eigenvalue weighted by atomic mass is 19.4. The monoisotopic (exact) mass is 399 g/mol. The molecule has 3 heterocycles. The molecule has 0 atom stereocenters. The predicted molar refractivity (Wildman–Crippen MR) is 106 cm³/mol. The van der Waals surface area contributed by atoms with Gasteiger partial charge < -0.3 is 19.9 Å². The van der Waals surface area contributed by atoms with Gasteiger partial charge in [0, 0.05) is 18.8 Å². The molecule has 4 nitrogen and oxygen atoms in total. The highest BCUT2D eigenvalue weighted by Crippen LogP contribution is 2.40. The Morgan fingerprint density at radius 2 is 1.57 bits per heavy atom. The summed E-state index contributed by atoms with van der Waals surface area (Å²) < 4.78 is 40.3. The second kappa shape index (κ2) is 9.35. The van der Waals surface area contributed by atoms with Gasteiger partial charge in [-0.25, -0.2) is 0 Å². The molecule has 1 aromatic carbocycles. The smallest absolute Gasteiger partial charge is 0.406 e. The number of hydrogen-bond acceptors (Lipinski definition) is 4. The van der Waals surface area contributed by atoms with Crippen LogP contribution in [0.3, 0.4) is 0 Å². The number of rotatable bonds is 2. The SMILES string of the molecule is CN1CCCCC1.FC(F)(F)Oc1ccc(N2CCC3(CCNCC3)C2)cc1. The molecule has 0 radical (unpaired) electrons. The van der Waals surface area contributed by atoms with Crippen LogP contribution in [0.25, 0.3) is 0 Å². The van der Waals surface area contributed by atoms with Gasteiger partial charge in [0.15, 0.2) is 0 Å². The van der Waals surface area contributed by atoms with Crippen molar-refractivity contribution in [1.29, 1.82) is 0 Å². The molecule has 0 saturated carbocycles. The lowest BCUT2D eigenvalue weighted by molar-refractivity contribution is -0.274. The molecule has 1 N–H and O–H groups in total. The van der Waals surface area contributed by atoms with Crippen molar-refractivity contribution in [2.24, 2.45) is 5.41 Å². The van der Waals surface area contributed by atoms with Gasteiger partial charge in [0.25, 0.3) is 0 Å². The summed E-state index contributed by atoms with van der Waals surface area (Å²) in [6.45, 7) is 6.73. The molecular formula is C21H32F3N3O. The van der Waals surface area contributed by atoms with Crippen molar-refractivity contribution in [2.45, 2.75) is 44.9 Å². The maximum Gasteiger partial charge on any atom is 0.573 e. The number of hydrogen-bond donors (Lipinski definition) is 1. The Kier molecular flexibility index (Phi) is 7.10. The molecule has 158 valence electrons. The molecule has 28 heavy (non-hydrogen) atoms. The molecular weight excluding hydrogens is 367 g/mol. The summed E-state index contributed by atoms with van der Waals surface area (Å²) in [7, 11) is 2.19. The van der Waals surface area contributed by atoms with Gasteiger partial charge in [-0.3, -0.25) is 0 Å². The number of anilines is 1. The van der Waals surface area contributed by atoms with Crippen molar-refractivity contribution in [2.75, 3.05) is 51.2 Å². The average molecular weight is 400 g/mol. The van der Waals surface area contributed by atoms with Crippen molar-refractivity contribution < 1.29 is 17.9 Å². The average Bonchev–Trinajstić information content (AvgIpc) is 3.06. The van der Waals surface area contributed by atoms with Crippen LogP contribution >= 0.6 is 0 Å². The predicted octanol–water partition coefficient (Wildman–Crippen LogP) is 4.27. The molecule has 3 saturated heterocycles. The van der Waals surface area contributed by atoms with E-state index in [0.717, 1.165) is 38.3 Å². The fraction of sp³-hybridized carbons (Fsp3) is 0.714. The van der Waals surface area contributed by atoms with E-state index in [1.807, 2.05) is 0 Å². The number of likely N-dealkylation sites (tertiary alicyclic amines) is 1. The molecule has 1 aromatic rings. The van der Waals surface area contributed by atoms with Crippen molar-refractivity contribution >= 4 is 5.69 Å². The van der Waals surface area contributed by atoms with Gasteiger partial charge in [-0.1, -0.05) is 6.42 Å². The van der Waals surface area contributed by atoms with Gasteiger partial charge in [-0.05, 0) is 95.0 Å². The van der Waals surface area contributed by atoms with E-state index in [1.54, 1.807) is 12.1 Å². The van der Waals surface area contributed by atoms with E-state index < -0.39 is 6.36 Å². The van der Waals surface area contributed by atoms with E-state index in [0.29, 0.717) is 5.41 Å². The molecule has 0 unspecified atom stereocenters. The van der Waals surface area contributed by atoms with E-state index in [9.17, 15) is 13.2 Å². The maximum absolute atomic E-state index is 12.1. The summed E-state index contributed by atoms with van der Waals surface area (Å²) in [5.74, 6) is -0.165. The first-order chi connectivity index (χ1) is 13.4. The molecule has 0 aliphatic carbocycles. The normalized spacial score (nSPS) is 22.6. The topological polar surface area (TPSA) is 27.7 Å². The van der Waals surface area contributed by atoms with Gasteiger partial charge in [0.05, 0.1) is 0 Å². The lowest BCUT2D eigenvalue weighted by Crippen LogP contribution is -2.38. The summed E-state index contributed by atoms with van der Waals surface area (Å²) in [4.78, 5) is 4.66. The van der Waals surface area contributed by atoms with Gasteiger partial charge in [0.2, 0.25) is 0 Å². The molecule has 3 aliphatic heterocycles. The zero-order valence-corrected chi connectivity index (χ0v) is 16.7. The number of nitrogens with one attached hydrogen (secondary N) is 1. The minimum Gasteiger partial charge on any atom is -0.406 e. The van der Waals surface area contributed by atoms with Crippen LogP contribution in [0.4, 0.5) is 18.9 Å². The summed E-state index contributed by atoms with van der Waals surface area (Å²) >= 11 is 0. The van der Waals surface area contributed by atoms with Crippen LogP contribution in [0, 0.1) is 5.41 Å². The third-order valence-corrected chi connectivity index (χ3v) is 6.12. The first kappa shape index (κ1) is 21.2. The summed E-state index contributed by atoms with van der Waals surface area (Å²) in [5.41, 5.74) is 1.35. The molecule has 1 spiro atoms. The first-order valence-corrected chi connectivity index (χ1v) is 10.4. The summed E-state index contributed by atoms with van der Waals surface area (Å²) in [5, 5.41) is 3.38. The number of piperidine rings is 2. The number of nitrogens with zero attached hydrogens (tertiary/aromatic N) is 2. The van der Waals surface area contributed by atoms with E-state index in [-0.39, 0.29) is 5.75 Å². The molecule has 4 rings (SSSR count). The Bertz CT molecular complexity index is 594. The van der Waals surface area contributed by atoms with Crippen LogP contribution < -0.4 is 15.0 Å². The van der Waals surface area contributed by atoms with Crippen LogP contribution in [0.15, 0.2) is 24.3 Å².